The van der Waals surface area contributed by atoms with Crippen molar-refractivity contribution in [1.82, 2.24) is 14.9 Å². The smallest absolute Gasteiger partial charge is 0.188 e. The molecule has 17 heavy (non-hydrogen) atoms. The van der Waals surface area contributed by atoms with Gasteiger partial charge in [-0.25, -0.2) is 4.98 Å². The van der Waals surface area contributed by atoms with E-state index in [1.807, 2.05) is 10.8 Å². The Morgan fingerprint density at radius 3 is 3.29 bits per heavy atom. The van der Waals surface area contributed by atoms with Gasteiger partial charge in [-0.1, -0.05) is 0 Å². The zero-order valence-electron chi connectivity index (χ0n) is 9.88. The number of rotatable bonds is 5. The van der Waals surface area contributed by atoms with Gasteiger partial charge in [-0.2, -0.15) is 0 Å². The minimum absolute atomic E-state index is 0.254. The van der Waals surface area contributed by atoms with E-state index in [9.17, 15) is 0 Å². The summed E-state index contributed by atoms with van der Waals surface area (Å²) in [6.07, 6.45) is 7.93. The number of aliphatic imine (C=N–C) groups is 1. The first-order valence-electron chi connectivity index (χ1n) is 5.96. The van der Waals surface area contributed by atoms with Gasteiger partial charge < -0.3 is 20.4 Å². The highest BCUT2D eigenvalue weighted by Gasteiger charge is 2.14. The Bertz CT molecular complexity index is 343. The van der Waals surface area contributed by atoms with Gasteiger partial charge in [0.1, 0.15) is 0 Å². The van der Waals surface area contributed by atoms with Gasteiger partial charge in [0.2, 0.25) is 0 Å². The molecular weight excluding hydrogens is 218 g/mol. The second-order valence-corrected chi connectivity index (χ2v) is 4.09. The highest BCUT2D eigenvalue weighted by atomic mass is 16.5. The fraction of sp³-hybridized carbons (Fsp3) is 0.636. The highest BCUT2D eigenvalue weighted by molar-refractivity contribution is 5.77. The average Bonchev–Trinajstić information content (AvgIpc) is 2.99. The zero-order valence-corrected chi connectivity index (χ0v) is 9.88. The fourth-order valence-corrected chi connectivity index (χ4v) is 1.78. The monoisotopic (exact) mass is 237 g/mol. The van der Waals surface area contributed by atoms with E-state index in [0.29, 0.717) is 12.5 Å². The van der Waals surface area contributed by atoms with Crippen LogP contribution in [-0.2, 0) is 11.3 Å². The van der Waals surface area contributed by atoms with Gasteiger partial charge in [0.05, 0.1) is 19.0 Å². The quantitative estimate of drug-likeness (QED) is 0.557. The molecular formula is C11H19N5O. The van der Waals surface area contributed by atoms with Crippen molar-refractivity contribution in [2.45, 2.75) is 25.5 Å². The maximum atomic E-state index is 5.75. The van der Waals surface area contributed by atoms with E-state index >= 15 is 0 Å². The predicted octanol–water partition coefficient (Wildman–Crippen LogP) is -0.0336. The van der Waals surface area contributed by atoms with Crippen LogP contribution >= 0.6 is 0 Å². The largest absolute Gasteiger partial charge is 0.376 e. The molecule has 0 aliphatic carbocycles. The third-order valence-electron chi connectivity index (χ3n) is 2.72. The van der Waals surface area contributed by atoms with Gasteiger partial charge in [-0.3, -0.25) is 4.99 Å². The maximum Gasteiger partial charge on any atom is 0.188 e. The lowest BCUT2D eigenvalue weighted by molar-refractivity contribution is 0.118. The first-order valence-corrected chi connectivity index (χ1v) is 5.96. The molecule has 0 amide bonds. The highest BCUT2D eigenvalue weighted by Crippen LogP contribution is 2.11. The van der Waals surface area contributed by atoms with E-state index in [4.69, 9.17) is 10.5 Å². The van der Waals surface area contributed by atoms with Crippen molar-refractivity contribution >= 4 is 5.96 Å². The number of nitrogens with one attached hydrogen (secondary N) is 1. The van der Waals surface area contributed by atoms with Crippen LogP contribution in [0.3, 0.4) is 0 Å². The number of aromatic nitrogens is 2. The third kappa shape index (κ3) is 4.07. The van der Waals surface area contributed by atoms with Gasteiger partial charge in [-0.05, 0) is 12.8 Å². The summed E-state index contributed by atoms with van der Waals surface area (Å²) in [5.41, 5.74) is 5.75. The molecule has 2 rings (SSSR count). The molecule has 94 valence electrons. The molecule has 0 aromatic carbocycles. The molecule has 0 saturated carbocycles. The summed E-state index contributed by atoms with van der Waals surface area (Å²) < 4.78 is 7.45. The van der Waals surface area contributed by atoms with E-state index in [2.05, 4.69) is 15.3 Å². The SMILES string of the molecule is NC(=NCC1CCCO1)NCCn1ccnc1. The minimum Gasteiger partial charge on any atom is -0.376 e. The molecule has 1 aliphatic rings. The van der Waals surface area contributed by atoms with E-state index in [-0.39, 0.29) is 6.10 Å². The molecule has 1 unspecified atom stereocenters. The van der Waals surface area contributed by atoms with Crippen molar-refractivity contribution in [2.24, 2.45) is 10.7 Å². The molecule has 1 fully saturated rings. The van der Waals surface area contributed by atoms with Crippen LogP contribution in [0.25, 0.3) is 0 Å². The van der Waals surface area contributed by atoms with E-state index in [1.165, 1.54) is 0 Å². The number of nitrogens with zero attached hydrogens (tertiary/aromatic N) is 3. The topological polar surface area (TPSA) is 77.5 Å². The third-order valence-corrected chi connectivity index (χ3v) is 2.72. The van der Waals surface area contributed by atoms with Gasteiger partial charge in [-0.15, -0.1) is 0 Å². The summed E-state index contributed by atoms with van der Waals surface area (Å²) in [5, 5.41) is 3.07. The summed E-state index contributed by atoms with van der Waals surface area (Å²) in [6, 6.07) is 0. The summed E-state index contributed by atoms with van der Waals surface area (Å²) in [6.45, 7) is 3.09. The summed E-state index contributed by atoms with van der Waals surface area (Å²) in [4.78, 5) is 8.22. The van der Waals surface area contributed by atoms with Crippen LogP contribution in [0, 0.1) is 0 Å². The first-order chi connectivity index (χ1) is 8.34. The lowest BCUT2D eigenvalue weighted by Gasteiger charge is -2.08. The molecule has 2 heterocycles. The van der Waals surface area contributed by atoms with Gasteiger partial charge >= 0.3 is 0 Å². The Balaban J connectivity index is 1.62. The van der Waals surface area contributed by atoms with Crippen LogP contribution in [0.2, 0.25) is 0 Å². The summed E-state index contributed by atoms with van der Waals surface area (Å²) in [7, 11) is 0. The van der Waals surface area contributed by atoms with Crippen LogP contribution in [0.1, 0.15) is 12.8 Å². The van der Waals surface area contributed by atoms with Crippen molar-refractivity contribution in [3.05, 3.63) is 18.7 Å². The lowest BCUT2D eigenvalue weighted by Crippen LogP contribution is -2.34. The van der Waals surface area contributed by atoms with Crippen molar-refractivity contribution in [3.63, 3.8) is 0 Å². The van der Waals surface area contributed by atoms with Crippen LogP contribution in [0.4, 0.5) is 0 Å². The number of nitrogens with two attached hydrogens (primary N) is 1. The normalized spacial score (nSPS) is 20.7. The number of imidazole rings is 1. The molecule has 0 bridgehead atoms. The van der Waals surface area contributed by atoms with E-state index in [0.717, 1.165) is 32.5 Å². The molecule has 1 saturated heterocycles. The molecule has 0 radical (unpaired) electrons. The first kappa shape index (κ1) is 11.9. The second-order valence-electron chi connectivity index (χ2n) is 4.09. The molecule has 6 heteroatoms. The van der Waals surface area contributed by atoms with Crippen LogP contribution in [-0.4, -0.2) is 41.3 Å². The summed E-state index contributed by atoms with van der Waals surface area (Å²) >= 11 is 0. The van der Waals surface area contributed by atoms with Crippen molar-refractivity contribution < 1.29 is 4.74 Å². The van der Waals surface area contributed by atoms with Crippen molar-refractivity contribution in [3.8, 4) is 0 Å². The fourth-order valence-electron chi connectivity index (χ4n) is 1.78. The van der Waals surface area contributed by atoms with Crippen molar-refractivity contribution in [2.75, 3.05) is 19.7 Å². The van der Waals surface area contributed by atoms with Gasteiger partial charge in [0.15, 0.2) is 5.96 Å². The average molecular weight is 237 g/mol. The molecule has 1 aromatic heterocycles. The molecule has 1 aliphatic heterocycles. The van der Waals surface area contributed by atoms with Crippen LogP contribution < -0.4 is 11.1 Å². The molecule has 0 spiro atoms. The van der Waals surface area contributed by atoms with E-state index in [1.54, 1.807) is 12.5 Å². The van der Waals surface area contributed by atoms with E-state index < -0.39 is 0 Å². The number of hydrogen-bond donors (Lipinski definition) is 2. The van der Waals surface area contributed by atoms with Crippen molar-refractivity contribution in [1.29, 1.82) is 0 Å². The number of guanidine groups is 1. The Hall–Kier alpha value is -1.56. The predicted molar refractivity (Wildman–Crippen MR) is 65.7 cm³/mol. The molecule has 1 aromatic rings. The molecule has 6 nitrogen and oxygen atoms in total. The summed E-state index contributed by atoms with van der Waals surface area (Å²) in [5.74, 6) is 0.487. The van der Waals surface area contributed by atoms with Crippen LogP contribution in [0.5, 0.6) is 0 Å². The second kappa shape index (κ2) is 6.24. The Morgan fingerprint density at radius 1 is 1.65 bits per heavy atom. The minimum atomic E-state index is 0.254. The maximum absolute atomic E-state index is 5.75. The molecule has 1 atom stereocenters. The number of ether oxygens (including phenoxy) is 1. The Kier molecular flexibility index (Phi) is 4.37. The molecule has 3 N–H and O–H groups in total. The standard InChI is InChI=1S/C11H19N5O/c12-11(15-8-10-2-1-7-17-10)14-4-6-16-5-3-13-9-16/h3,5,9-10H,1-2,4,6-8H2,(H3,12,14,15). The Labute approximate surface area is 101 Å². The lowest BCUT2D eigenvalue weighted by atomic mass is 10.2. The number of hydrogen-bond acceptors (Lipinski definition) is 3. The van der Waals surface area contributed by atoms with Gasteiger partial charge in [0, 0.05) is 32.1 Å². The van der Waals surface area contributed by atoms with Gasteiger partial charge in [0.25, 0.3) is 0 Å². The van der Waals surface area contributed by atoms with Crippen LogP contribution in [0.15, 0.2) is 23.7 Å². The Morgan fingerprint density at radius 2 is 2.59 bits per heavy atom. The zero-order chi connectivity index (χ0) is 11.9.